The standard InChI is InChI=1S/C13H11BrClN3O2/c1-20-11-4-7(16)2-3-9(11)13(19)18-8-5-10(14)12(15)17-6-8/h2-6H,16H2,1H3,(H,18,19). The molecule has 2 rings (SSSR count). The smallest absolute Gasteiger partial charge is 0.259 e. The molecule has 20 heavy (non-hydrogen) atoms. The van der Waals surface area contributed by atoms with Crippen molar-refractivity contribution in [2.75, 3.05) is 18.2 Å². The number of ether oxygens (including phenoxy) is 1. The van der Waals surface area contributed by atoms with Gasteiger partial charge in [-0.05, 0) is 34.1 Å². The van der Waals surface area contributed by atoms with Gasteiger partial charge in [0.2, 0.25) is 0 Å². The highest BCUT2D eigenvalue weighted by molar-refractivity contribution is 9.10. The molecular weight excluding hydrogens is 346 g/mol. The maximum Gasteiger partial charge on any atom is 0.259 e. The Morgan fingerprint density at radius 3 is 2.85 bits per heavy atom. The molecule has 0 aliphatic carbocycles. The number of amides is 1. The molecule has 5 nitrogen and oxygen atoms in total. The van der Waals surface area contributed by atoms with Gasteiger partial charge in [0.15, 0.2) is 0 Å². The fourth-order valence-electron chi connectivity index (χ4n) is 1.58. The first-order chi connectivity index (χ1) is 9.51. The summed E-state index contributed by atoms with van der Waals surface area (Å²) in [4.78, 5) is 16.1. The Morgan fingerprint density at radius 2 is 2.20 bits per heavy atom. The van der Waals surface area contributed by atoms with E-state index >= 15 is 0 Å². The molecule has 1 aromatic heterocycles. The molecule has 0 bridgehead atoms. The lowest BCUT2D eigenvalue weighted by Crippen LogP contribution is -2.13. The van der Waals surface area contributed by atoms with E-state index in [1.807, 2.05) is 0 Å². The molecule has 0 spiro atoms. The molecule has 0 atom stereocenters. The third-order valence-corrected chi connectivity index (χ3v) is 3.66. The number of rotatable bonds is 3. The minimum atomic E-state index is -0.321. The van der Waals surface area contributed by atoms with Gasteiger partial charge >= 0.3 is 0 Å². The summed E-state index contributed by atoms with van der Waals surface area (Å²) in [6.45, 7) is 0. The Balaban J connectivity index is 2.25. The summed E-state index contributed by atoms with van der Waals surface area (Å²) in [7, 11) is 1.48. The van der Waals surface area contributed by atoms with Crippen LogP contribution in [0.1, 0.15) is 10.4 Å². The minimum Gasteiger partial charge on any atom is -0.496 e. The first kappa shape index (κ1) is 14.6. The second-order valence-corrected chi connectivity index (χ2v) is 5.12. The number of carbonyl (C=O) groups is 1. The van der Waals surface area contributed by atoms with E-state index in [2.05, 4.69) is 26.2 Å². The number of hydrogen-bond acceptors (Lipinski definition) is 4. The van der Waals surface area contributed by atoms with E-state index in [0.717, 1.165) is 0 Å². The van der Waals surface area contributed by atoms with E-state index in [4.69, 9.17) is 22.1 Å². The van der Waals surface area contributed by atoms with Gasteiger partial charge in [0, 0.05) is 11.8 Å². The Kier molecular flexibility index (Phi) is 4.46. The molecule has 104 valence electrons. The molecule has 7 heteroatoms. The molecule has 3 N–H and O–H groups in total. The van der Waals surface area contributed by atoms with Crippen LogP contribution in [0.5, 0.6) is 5.75 Å². The second kappa shape index (κ2) is 6.11. The Hall–Kier alpha value is -1.79. The van der Waals surface area contributed by atoms with Crippen molar-refractivity contribution in [1.29, 1.82) is 0 Å². The molecule has 0 aliphatic heterocycles. The highest BCUT2D eigenvalue weighted by Gasteiger charge is 2.13. The number of nitrogens with two attached hydrogens (primary N) is 1. The van der Waals surface area contributed by atoms with Gasteiger partial charge in [-0.1, -0.05) is 11.6 Å². The number of pyridine rings is 1. The number of nitrogens with zero attached hydrogens (tertiary/aromatic N) is 1. The van der Waals surface area contributed by atoms with Crippen LogP contribution in [0.4, 0.5) is 11.4 Å². The molecule has 0 aliphatic rings. The van der Waals surface area contributed by atoms with Gasteiger partial charge in [-0.3, -0.25) is 4.79 Å². The summed E-state index contributed by atoms with van der Waals surface area (Å²) in [5.74, 6) is 0.0846. The lowest BCUT2D eigenvalue weighted by atomic mass is 10.1. The van der Waals surface area contributed by atoms with Crippen LogP contribution in [0.2, 0.25) is 5.15 Å². The molecule has 0 saturated heterocycles. The van der Waals surface area contributed by atoms with Crippen LogP contribution < -0.4 is 15.8 Å². The number of halogens is 2. The number of hydrogen-bond donors (Lipinski definition) is 2. The average molecular weight is 357 g/mol. The van der Waals surface area contributed by atoms with Crippen LogP contribution in [0.3, 0.4) is 0 Å². The van der Waals surface area contributed by atoms with Gasteiger partial charge < -0.3 is 15.8 Å². The van der Waals surface area contributed by atoms with E-state index in [0.29, 0.717) is 32.3 Å². The minimum absolute atomic E-state index is 0.321. The van der Waals surface area contributed by atoms with Crippen LogP contribution in [-0.2, 0) is 0 Å². The van der Waals surface area contributed by atoms with Crippen LogP contribution in [0.15, 0.2) is 34.9 Å². The Morgan fingerprint density at radius 1 is 1.45 bits per heavy atom. The fourth-order valence-corrected chi connectivity index (χ4v) is 2.04. The summed E-state index contributed by atoms with van der Waals surface area (Å²) < 4.78 is 5.74. The van der Waals surface area contributed by atoms with E-state index in [-0.39, 0.29) is 5.91 Å². The summed E-state index contributed by atoms with van der Waals surface area (Å²) >= 11 is 9.04. The second-order valence-electron chi connectivity index (χ2n) is 3.91. The molecule has 0 unspecified atom stereocenters. The zero-order chi connectivity index (χ0) is 14.7. The largest absolute Gasteiger partial charge is 0.496 e. The fraction of sp³-hybridized carbons (Fsp3) is 0.0769. The molecular formula is C13H11BrClN3O2. The van der Waals surface area contributed by atoms with Crippen LogP contribution in [0, 0.1) is 0 Å². The van der Waals surface area contributed by atoms with Gasteiger partial charge in [0.1, 0.15) is 10.9 Å². The molecule has 1 aromatic carbocycles. The first-order valence-electron chi connectivity index (χ1n) is 5.57. The lowest BCUT2D eigenvalue weighted by Gasteiger charge is -2.10. The highest BCUT2D eigenvalue weighted by atomic mass is 79.9. The Labute approximate surface area is 129 Å². The van der Waals surface area contributed by atoms with Crippen molar-refractivity contribution >= 4 is 44.8 Å². The van der Waals surface area contributed by atoms with Gasteiger partial charge in [0.25, 0.3) is 5.91 Å². The van der Waals surface area contributed by atoms with Gasteiger partial charge in [-0.25, -0.2) is 4.98 Å². The van der Waals surface area contributed by atoms with Crippen molar-refractivity contribution in [2.24, 2.45) is 0 Å². The third-order valence-electron chi connectivity index (χ3n) is 2.52. The Bertz CT molecular complexity index is 664. The molecule has 1 amide bonds. The number of nitrogen functional groups attached to an aromatic ring is 1. The summed E-state index contributed by atoms with van der Waals surface area (Å²) in [5, 5.41) is 3.04. The zero-order valence-corrected chi connectivity index (χ0v) is 12.8. The molecule has 0 fully saturated rings. The monoisotopic (exact) mass is 355 g/mol. The van der Waals surface area contributed by atoms with E-state index in [1.54, 1.807) is 24.3 Å². The van der Waals surface area contributed by atoms with Gasteiger partial charge in [-0.15, -0.1) is 0 Å². The zero-order valence-electron chi connectivity index (χ0n) is 10.5. The number of anilines is 2. The molecule has 0 saturated carbocycles. The topological polar surface area (TPSA) is 77.2 Å². The van der Waals surface area contributed by atoms with Crippen molar-refractivity contribution in [3.05, 3.63) is 45.7 Å². The summed E-state index contributed by atoms with van der Waals surface area (Å²) in [6, 6.07) is 6.48. The lowest BCUT2D eigenvalue weighted by molar-refractivity contribution is 0.102. The molecule has 0 radical (unpaired) electrons. The average Bonchev–Trinajstić information content (AvgIpc) is 2.42. The molecule has 2 aromatic rings. The van der Waals surface area contributed by atoms with Crippen molar-refractivity contribution in [3.8, 4) is 5.75 Å². The van der Waals surface area contributed by atoms with Gasteiger partial charge in [0.05, 0.1) is 29.0 Å². The molecule has 1 heterocycles. The summed E-state index contributed by atoms with van der Waals surface area (Å²) in [6.07, 6.45) is 1.47. The van der Waals surface area contributed by atoms with Crippen molar-refractivity contribution < 1.29 is 9.53 Å². The maximum atomic E-state index is 12.2. The normalized spacial score (nSPS) is 10.2. The number of aromatic nitrogens is 1. The number of carbonyl (C=O) groups excluding carboxylic acids is 1. The van der Waals surface area contributed by atoms with Crippen LogP contribution >= 0.6 is 27.5 Å². The van der Waals surface area contributed by atoms with Crippen molar-refractivity contribution in [3.63, 3.8) is 0 Å². The van der Waals surface area contributed by atoms with Crippen molar-refractivity contribution in [1.82, 2.24) is 4.98 Å². The van der Waals surface area contributed by atoms with Crippen LogP contribution in [-0.4, -0.2) is 18.0 Å². The number of benzene rings is 1. The third kappa shape index (κ3) is 3.20. The van der Waals surface area contributed by atoms with Gasteiger partial charge in [-0.2, -0.15) is 0 Å². The van der Waals surface area contributed by atoms with E-state index in [1.165, 1.54) is 13.3 Å². The van der Waals surface area contributed by atoms with E-state index < -0.39 is 0 Å². The maximum absolute atomic E-state index is 12.2. The quantitative estimate of drug-likeness (QED) is 0.653. The van der Waals surface area contributed by atoms with Crippen LogP contribution in [0.25, 0.3) is 0 Å². The predicted octanol–water partition coefficient (Wildman–Crippen LogP) is 3.34. The van der Waals surface area contributed by atoms with Crippen molar-refractivity contribution in [2.45, 2.75) is 0 Å². The number of methoxy groups -OCH3 is 1. The predicted molar refractivity (Wildman–Crippen MR) is 82.3 cm³/mol. The first-order valence-corrected chi connectivity index (χ1v) is 6.74. The SMILES string of the molecule is COc1cc(N)ccc1C(=O)Nc1cnc(Cl)c(Br)c1. The summed E-state index contributed by atoms with van der Waals surface area (Å²) in [5.41, 5.74) is 7.07. The van der Waals surface area contributed by atoms with E-state index in [9.17, 15) is 4.79 Å². The number of nitrogens with one attached hydrogen (secondary N) is 1. The highest BCUT2D eigenvalue weighted by Crippen LogP contribution is 2.25.